The molecular formula is C19H26N4O4. The van der Waals surface area contributed by atoms with Gasteiger partial charge in [0.05, 0.1) is 24.8 Å². The second kappa shape index (κ2) is 9.84. The monoisotopic (exact) mass is 374 g/mol. The highest BCUT2D eigenvalue weighted by molar-refractivity contribution is 5.82. The van der Waals surface area contributed by atoms with Crippen molar-refractivity contribution in [2.75, 3.05) is 0 Å². The molecule has 1 unspecified atom stereocenters. The van der Waals surface area contributed by atoms with Crippen LogP contribution in [-0.2, 0) is 27.7 Å². The summed E-state index contributed by atoms with van der Waals surface area (Å²) in [6.07, 6.45) is 3.39. The van der Waals surface area contributed by atoms with E-state index in [0.29, 0.717) is 18.7 Å². The van der Waals surface area contributed by atoms with E-state index in [1.54, 1.807) is 4.57 Å². The van der Waals surface area contributed by atoms with E-state index in [1.165, 1.54) is 12.5 Å². The largest absolute Gasteiger partial charge is 0.480 e. The van der Waals surface area contributed by atoms with E-state index in [4.69, 9.17) is 10.5 Å². The van der Waals surface area contributed by atoms with Crippen LogP contribution in [0.25, 0.3) is 0 Å². The number of amides is 1. The summed E-state index contributed by atoms with van der Waals surface area (Å²) < 4.78 is 7.32. The number of benzene rings is 1. The molecule has 8 nitrogen and oxygen atoms in total. The summed E-state index contributed by atoms with van der Waals surface area (Å²) in [7, 11) is 0. The number of carbonyl (C=O) groups is 2. The van der Waals surface area contributed by atoms with Crippen LogP contribution in [-0.4, -0.2) is 32.6 Å². The number of carbonyl (C=O) groups excluding carboxylic acids is 1. The third-order valence-corrected chi connectivity index (χ3v) is 4.04. The first-order valence-corrected chi connectivity index (χ1v) is 8.78. The highest BCUT2D eigenvalue weighted by Crippen LogP contribution is 2.16. The first kappa shape index (κ1) is 20.6. The zero-order valence-electron chi connectivity index (χ0n) is 15.5. The molecule has 0 saturated carbocycles. The van der Waals surface area contributed by atoms with Crippen molar-refractivity contribution in [2.24, 2.45) is 11.7 Å². The van der Waals surface area contributed by atoms with Crippen LogP contribution in [0.5, 0.6) is 0 Å². The summed E-state index contributed by atoms with van der Waals surface area (Å²) in [5, 5.41) is 12.3. The molecule has 0 fully saturated rings. The number of ether oxygens (including phenoxy) is 1. The molecule has 0 bridgehead atoms. The molecule has 1 aromatic carbocycles. The fourth-order valence-electron chi connectivity index (χ4n) is 2.74. The van der Waals surface area contributed by atoms with Crippen LogP contribution in [0.1, 0.15) is 37.6 Å². The number of carboxylic acids is 1. The number of hydrogen-bond acceptors (Lipinski definition) is 5. The third kappa shape index (κ3) is 6.19. The maximum absolute atomic E-state index is 12.0. The summed E-state index contributed by atoms with van der Waals surface area (Å²) in [6, 6.07) is 7.81. The molecule has 2 atom stereocenters. The van der Waals surface area contributed by atoms with Gasteiger partial charge in [0, 0.05) is 0 Å². The van der Waals surface area contributed by atoms with Crippen LogP contribution in [0, 0.1) is 5.92 Å². The SMILES string of the molecule is CC(C)CC(N[C@H](C(N)=O)c1cncn1COCc1ccccc1)C(=O)O. The Bertz CT molecular complexity index is 745. The second-order valence-corrected chi connectivity index (χ2v) is 6.77. The highest BCUT2D eigenvalue weighted by Gasteiger charge is 2.28. The van der Waals surface area contributed by atoms with E-state index in [2.05, 4.69) is 10.3 Å². The predicted molar refractivity (Wildman–Crippen MR) is 99.4 cm³/mol. The predicted octanol–water partition coefficient (Wildman–Crippen LogP) is 1.67. The molecule has 0 aliphatic heterocycles. The maximum Gasteiger partial charge on any atom is 0.320 e. The second-order valence-electron chi connectivity index (χ2n) is 6.77. The Morgan fingerprint density at radius 2 is 2.00 bits per heavy atom. The van der Waals surface area contributed by atoms with Gasteiger partial charge in [0.25, 0.3) is 0 Å². The Hall–Kier alpha value is -2.71. The van der Waals surface area contributed by atoms with Gasteiger partial charge in [0.15, 0.2) is 0 Å². The number of carboxylic acid groups (broad SMARTS) is 1. The van der Waals surface area contributed by atoms with Crippen LogP contribution >= 0.6 is 0 Å². The Kier molecular flexibility index (Phi) is 7.51. The van der Waals surface area contributed by atoms with Crippen molar-refractivity contribution in [3.05, 3.63) is 54.1 Å². The molecule has 1 amide bonds. The molecule has 0 aliphatic rings. The Labute approximate surface area is 158 Å². The molecule has 1 heterocycles. The lowest BCUT2D eigenvalue weighted by Gasteiger charge is -2.23. The van der Waals surface area contributed by atoms with Crippen molar-refractivity contribution in [3.63, 3.8) is 0 Å². The highest BCUT2D eigenvalue weighted by atomic mass is 16.5. The van der Waals surface area contributed by atoms with Gasteiger partial charge >= 0.3 is 5.97 Å². The van der Waals surface area contributed by atoms with Gasteiger partial charge < -0.3 is 20.1 Å². The number of aromatic nitrogens is 2. The standard InChI is InChI=1S/C19H26N4O4/c1-13(2)8-15(19(25)26)22-17(18(20)24)16-9-21-11-23(16)12-27-10-14-6-4-3-5-7-14/h3-7,9,11,13,15,17,22H,8,10,12H2,1-2H3,(H2,20,24)(H,25,26)/t15?,17-/m0/s1. The minimum Gasteiger partial charge on any atom is -0.480 e. The molecule has 0 aliphatic carbocycles. The van der Waals surface area contributed by atoms with Gasteiger partial charge in [-0.05, 0) is 17.9 Å². The molecule has 27 heavy (non-hydrogen) atoms. The molecular weight excluding hydrogens is 348 g/mol. The number of rotatable bonds is 11. The van der Waals surface area contributed by atoms with Gasteiger partial charge in [0.1, 0.15) is 18.8 Å². The lowest BCUT2D eigenvalue weighted by molar-refractivity contribution is -0.140. The van der Waals surface area contributed by atoms with Crippen molar-refractivity contribution in [2.45, 2.75) is 45.7 Å². The van der Waals surface area contributed by atoms with Crippen molar-refractivity contribution >= 4 is 11.9 Å². The number of hydrogen-bond donors (Lipinski definition) is 3. The van der Waals surface area contributed by atoms with Gasteiger partial charge in [-0.15, -0.1) is 0 Å². The lowest BCUT2D eigenvalue weighted by atomic mass is 10.0. The van der Waals surface area contributed by atoms with E-state index >= 15 is 0 Å². The Balaban J connectivity index is 2.08. The van der Waals surface area contributed by atoms with E-state index < -0.39 is 24.0 Å². The van der Waals surface area contributed by atoms with Crippen LogP contribution in [0.15, 0.2) is 42.9 Å². The van der Waals surface area contributed by atoms with Gasteiger partial charge in [-0.2, -0.15) is 0 Å². The summed E-state index contributed by atoms with van der Waals surface area (Å²) in [4.78, 5) is 27.5. The molecule has 146 valence electrons. The minimum atomic E-state index is -1.03. The van der Waals surface area contributed by atoms with Crippen LogP contribution in [0.4, 0.5) is 0 Å². The van der Waals surface area contributed by atoms with Crippen molar-refractivity contribution in [1.29, 1.82) is 0 Å². The number of nitrogens with one attached hydrogen (secondary N) is 1. The van der Waals surface area contributed by atoms with Gasteiger partial charge in [-0.25, -0.2) is 4.98 Å². The number of primary amides is 1. The van der Waals surface area contributed by atoms with Gasteiger partial charge in [0.2, 0.25) is 5.91 Å². The van der Waals surface area contributed by atoms with E-state index in [9.17, 15) is 14.7 Å². The fraction of sp³-hybridized carbons (Fsp3) is 0.421. The van der Waals surface area contributed by atoms with Crippen molar-refractivity contribution < 1.29 is 19.4 Å². The minimum absolute atomic E-state index is 0.145. The fourth-order valence-corrected chi connectivity index (χ4v) is 2.74. The molecule has 2 aromatic rings. The third-order valence-electron chi connectivity index (χ3n) is 4.04. The Morgan fingerprint density at radius 3 is 2.59 bits per heavy atom. The molecule has 4 N–H and O–H groups in total. The summed E-state index contributed by atoms with van der Waals surface area (Å²) >= 11 is 0. The normalized spacial score (nSPS) is 13.4. The Morgan fingerprint density at radius 1 is 1.30 bits per heavy atom. The number of imidazole rings is 1. The number of nitrogens with zero attached hydrogens (tertiary/aromatic N) is 2. The molecule has 2 rings (SSSR count). The molecule has 0 radical (unpaired) electrons. The quantitative estimate of drug-likeness (QED) is 0.550. The zero-order chi connectivity index (χ0) is 19.8. The number of nitrogens with two attached hydrogens (primary N) is 1. The topological polar surface area (TPSA) is 119 Å². The summed E-state index contributed by atoms with van der Waals surface area (Å²) in [5.41, 5.74) is 7.00. The van der Waals surface area contributed by atoms with Crippen molar-refractivity contribution in [1.82, 2.24) is 14.9 Å². The van der Waals surface area contributed by atoms with Crippen LogP contribution in [0.2, 0.25) is 0 Å². The van der Waals surface area contributed by atoms with Gasteiger partial charge in [-0.3, -0.25) is 14.9 Å². The van der Waals surface area contributed by atoms with E-state index in [0.717, 1.165) is 5.56 Å². The van der Waals surface area contributed by atoms with Gasteiger partial charge in [-0.1, -0.05) is 44.2 Å². The lowest BCUT2D eigenvalue weighted by Crippen LogP contribution is -2.45. The van der Waals surface area contributed by atoms with Crippen LogP contribution in [0.3, 0.4) is 0 Å². The zero-order valence-corrected chi connectivity index (χ0v) is 15.5. The molecule has 0 spiro atoms. The maximum atomic E-state index is 12.0. The average Bonchev–Trinajstić information content (AvgIpc) is 3.06. The van der Waals surface area contributed by atoms with E-state index in [-0.39, 0.29) is 12.6 Å². The summed E-state index contributed by atoms with van der Waals surface area (Å²) in [5.74, 6) is -1.55. The number of aliphatic carboxylic acids is 1. The summed E-state index contributed by atoms with van der Waals surface area (Å²) in [6.45, 7) is 4.40. The first-order valence-electron chi connectivity index (χ1n) is 8.78. The molecule has 1 aromatic heterocycles. The smallest absolute Gasteiger partial charge is 0.320 e. The molecule has 0 saturated heterocycles. The van der Waals surface area contributed by atoms with Crippen LogP contribution < -0.4 is 11.1 Å². The molecule has 8 heteroatoms. The van der Waals surface area contributed by atoms with Crippen molar-refractivity contribution in [3.8, 4) is 0 Å². The first-order chi connectivity index (χ1) is 12.9. The average molecular weight is 374 g/mol. The van der Waals surface area contributed by atoms with E-state index in [1.807, 2.05) is 44.2 Å².